The zero-order chi connectivity index (χ0) is 15.4. The fraction of sp³-hybridized carbons (Fsp3) is 0.0625. The van der Waals surface area contributed by atoms with Crippen molar-refractivity contribution in [1.82, 2.24) is 10.2 Å². The van der Waals surface area contributed by atoms with E-state index in [4.69, 9.17) is 9.15 Å². The largest absolute Gasteiger partial charge is 0.497 e. The summed E-state index contributed by atoms with van der Waals surface area (Å²) in [5.41, 5.74) is 1.26. The molecule has 3 rings (SSSR count). The van der Waals surface area contributed by atoms with Gasteiger partial charge >= 0.3 is 6.01 Å². The number of hydrogen-bond acceptors (Lipinski definition) is 5. The van der Waals surface area contributed by atoms with Crippen LogP contribution in [0.4, 0.5) is 6.01 Å². The summed E-state index contributed by atoms with van der Waals surface area (Å²) in [5.74, 6) is 0.761. The number of carbonyl (C=O) groups is 1. The zero-order valence-electron chi connectivity index (χ0n) is 11.8. The third kappa shape index (κ3) is 2.95. The van der Waals surface area contributed by atoms with Crippen LogP contribution in [-0.4, -0.2) is 23.2 Å². The van der Waals surface area contributed by atoms with Crippen LogP contribution in [-0.2, 0) is 0 Å². The van der Waals surface area contributed by atoms with Gasteiger partial charge in [0.15, 0.2) is 0 Å². The number of nitrogens with zero attached hydrogens (tertiary/aromatic N) is 2. The molecule has 1 aromatic heterocycles. The summed E-state index contributed by atoms with van der Waals surface area (Å²) in [6.45, 7) is 0. The van der Waals surface area contributed by atoms with Crippen molar-refractivity contribution in [2.24, 2.45) is 0 Å². The first-order chi connectivity index (χ1) is 10.8. The van der Waals surface area contributed by atoms with E-state index in [0.29, 0.717) is 11.5 Å². The molecule has 0 fully saturated rings. The summed E-state index contributed by atoms with van der Waals surface area (Å²) in [7, 11) is 1.60. The highest BCUT2D eigenvalue weighted by atomic mass is 16.5. The molecule has 3 aromatic rings. The molecule has 6 nitrogen and oxygen atoms in total. The minimum atomic E-state index is -0.300. The molecule has 0 bridgehead atoms. The topological polar surface area (TPSA) is 77.3 Å². The number of methoxy groups -OCH3 is 1. The van der Waals surface area contributed by atoms with Gasteiger partial charge in [-0.1, -0.05) is 23.3 Å². The molecule has 0 saturated carbocycles. The Hall–Kier alpha value is -3.15. The molecule has 2 aromatic carbocycles. The second kappa shape index (κ2) is 6.09. The maximum absolute atomic E-state index is 12.0. The van der Waals surface area contributed by atoms with Crippen molar-refractivity contribution in [2.75, 3.05) is 12.4 Å². The van der Waals surface area contributed by atoms with E-state index in [1.807, 2.05) is 6.07 Å². The summed E-state index contributed by atoms with van der Waals surface area (Å²) in [5, 5.41) is 10.3. The Labute approximate surface area is 126 Å². The normalized spacial score (nSPS) is 10.2. The molecule has 0 atom stereocenters. The van der Waals surface area contributed by atoms with Gasteiger partial charge in [-0.2, -0.15) is 0 Å². The molecule has 0 saturated heterocycles. The van der Waals surface area contributed by atoms with E-state index < -0.39 is 0 Å². The van der Waals surface area contributed by atoms with Gasteiger partial charge in [0, 0.05) is 11.1 Å². The van der Waals surface area contributed by atoms with E-state index in [1.54, 1.807) is 55.6 Å². The van der Waals surface area contributed by atoms with Crippen molar-refractivity contribution in [3.63, 3.8) is 0 Å². The average Bonchev–Trinajstić information content (AvgIpc) is 3.04. The maximum Gasteiger partial charge on any atom is 0.322 e. The van der Waals surface area contributed by atoms with Crippen LogP contribution in [0.3, 0.4) is 0 Å². The molecule has 0 radical (unpaired) electrons. The van der Waals surface area contributed by atoms with Gasteiger partial charge in [-0.3, -0.25) is 10.1 Å². The standard InChI is InChI=1S/C16H13N3O3/c1-21-13-9-7-12(8-10-13)15-18-19-16(22-15)17-14(20)11-5-3-2-4-6-11/h2-10H,1H3,(H,17,19,20). The molecule has 0 aliphatic rings. The molecule has 0 spiro atoms. The summed E-state index contributed by atoms with van der Waals surface area (Å²) in [6.07, 6.45) is 0. The number of hydrogen-bond donors (Lipinski definition) is 1. The van der Waals surface area contributed by atoms with Crippen LogP contribution in [0.1, 0.15) is 10.4 Å². The van der Waals surface area contributed by atoms with Crippen LogP contribution in [0.2, 0.25) is 0 Å². The quantitative estimate of drug-likeness (QED) is 0.800. The third-order valence-electron chi connectivity index (χ3n) is 3.02. The van der Waals surface area contributed by atoms with Gasteiger partial charge in [-0.05, 0) is 36.4 Å². The van der Waals surface area contributed by atoms with Crippen molar-refractivity contribution < 1.29 is 13.9 Å². The maximum atomic E-state index is 12.0. The van der Waals surface area contributed by atoms with Crippen molar-refractivity contribution in [2.45, 2.75) is 0 Å². The first-order valence-electron chi connectivity index (χ1n) is 6.60. The predicted octanol–water partition coefficient (Wildman–Crippen LogP) is 3.00. The lowest BCUT2D eigenvalue weighted by molar-refractivity contribution is 0.102. The van der Waals surface area contributed by atoms with Gasteiger partial charge in [0.2, 0.25) is 5.89 Å². The summed E-state index contributed by atoms with van der Waals surface area (Å²) in [6, 6.07) is 16.1. The summed E-state index contributed by atoms with van der Waals surface area (Å²) in [4.78, 5) is 12.0. The monoisotopic (exact) mass is 295 g/mol. The highest BCUT2D eigenvalue weighted by Gasteiger charge is 2.12. The van der Waals surface area contributed by atoms with Crippen molar-refractivity contribution >= 4 is 11.9 Å². The molecule has 1 amide bonds. The number of nitrogens with one attached hydrogen (secondary N) is 1. The predicted molar refractivity (Wildman–Crippen MR) is 80.7 cm³/mol. The molecule has 1 N–H and O–H groups in total. The van der Waals surface area contributed by atoms with Gasteiger partial charge in [0.05, 0.1) is 7.11 Å². The first kappa shape index (κ1) is 13.8. The number of ether oxygens (including phenoxy) is 1. The van der Waals surface area contributed by atoms with E-state index in [-0.39, 0.29) is 11.9 Å². The fourth-order valence-electron chi connectivity index (χ4n) is 1.88. The number of carbonyl (C=O) groups excluding carboxylic acids is 1. The van der Waals surface area contributed by atoms with Gasteiger partial charge in [-0.25, -0.2) is 0 Å². The fourth-order valence-corrected chi connectivity index (χ4v) is 1.88. The second-order valence-electron chi connectivity index (χ2n) is 4.46. The third-order valence-corrected chi connectivity index (χ3v) is 3.02. The highest BCUT2D eigenvalue weighted by Crippen LogP contribution is 2.22. The van der Waals surface area contributed by atoms with Crippen LogP contribution >= 0.6 is 0 Å². The smallest absolute Gasteiger partial charge is 0.322 e. The lowest BCUT2D eigenvalue weighted by atomic mass is 10.2. The molecular formula is C16H13N3O3. The van der Waals surface area contributed by atoms with E-state index in [2.05, 4.69) is 15.5 Å². The number of benzene rings is 2. The highest BCUT2D eigenvalue weighted by molar-refractivity contribution is 6.03. The Morgan fingerprint density at radius 1 is 1.05 bits per heavy atom. The van der Waals surface area contributed by atoms with Crippen LogP contribution < -0.4 is 10.1 Å². The Kier molecular flexibility index (Phi) is 3.82. The average molecular weight is 295 g/mol. The van der Waals surface area contributed by atoms with Gasteiger partial charge in [0.25, 0.3) is 5.91 Å². The van der Waals surface area contributed by atoms with Crippen LogP contribution in [0.5, 0.6) is 5.75 Å². The molecule has 110 valence electrons. The summed E-state index contributed by atoms with van der Waals surface area (Å²) >= 11 is 0. The second-order valence-corrected chi connectivity index (χ2v) is 4.46. The van der Waals surface area contributed by atoms with Crippen molar-refractivity contribution in [1.29, 1.82) is 0 Å². The van der Waals surface area contributed by atoms with E-state index in [1.165, 1.54) is 0 Å². The molecular weight excluding hydrogens is 282 g/mol. The van der Waals surface area contributed by atoms with Crippen LogP contribution in [0, 0.1) is 0 Å². The number of aromatic nitrogens is 2. The molecule has 1 heterocycles. The Morgan fingerprint density at radius 2 is 1.77 bits per heavy atom. The van der Waals surface area contributed by atoms with Crippen molar-refractivity contribution in [3.05, 3.63) is 60.2 Å². The van der Waals surface area contributed by atoms with E-state index >= 15 is 0 Å². The molecule has 0 aliphatic carbocycles. The van der Waals surface area contributed by atoms with Gasteiger partial charge in [-0.15, -0.1) is 5.10 Å². The lowest BCUT2D eigenvalue weighted by Crippen LogP contribution is -2.11. The minimum absolute atomic E-state index is 0.0553. The first-order valence-corrected chi connectivity index (χ1v) is 6.60. The molecule has 0 aliphatic heterocycles. The van der Waals surface area contributed by atoms with Gasteiger partial charge in [0.1, 0.15) is 5.75 Å². The Balaban J connectivity index is 1.74. The lowest BCUT2D eigenvalue weighted by Gasteiger charge is -2.00. The van der Waals surface area contributed by atoms with Crippen molar-refractivity contribution in [3.8, 4) is 17.2 Å². The SMILES string of the molecule is COc1ccc(-c2nnc(NC(=O)c3ccccc3)o2)cc1. The van der Waals surface area contributed by atoms with Crippen LogP contribution in [0.25, 0.3) is 11.5 Å². The molecule has 0 unspecified atom stereocenters. The van der Waals surface area contributed by atoms with Crippen LogP contribution in [0.15, 0.2) is 59.0 Å². The summed E-state index contributed by atoms with van der Waals surface area (Å²) < 4.78 is 10.5. The van der Waals surface area contributed by atoms with E-state index in [9.17, 15) is 4.79 Å². The number of rotatable bonds is 4. The Bertz CT molecular complexity index is 767. The molecule has 22 heavy (non-hydrogen) atoms. The minimum Gasteiger partial charge on any atom is -0.497 e. The van der Waals surface area contributed by atoms with Gasteiger partial charge < -0.3 is 9.15 Å². The Morgan fingerprint density at radius 3 is 2.45 bits per heavy atom. The number of anilines is 1. The van der Waals surface area contributed by atoms with E-state index in [0.717, 1.165) is 11.3 Å². The zero-order valence-corrected chi connectivity index (χ0v) is 11.8. The molecule has 6 heteroatoms. The number of amides is 1.